The monoisotopic (exact) mass is 855 g/mol. The normalized spacial score (nSPS) is 19.3. The fourth-order valence-electron chi connectivity index (χ4n) is 9.95. The second-order valence-electron chi connectivity index (χ2n) is 17.5. The number of ether oxygens (including phenoxy) is 2. The first-order valence-corrected chi connectivity index (χ1v) is 22.8. The minimum atomic E-state index is -0.856. The molecule has 1 aromatic heterocycles. The van der Waals surface area contributed by atoms with Crippen LogP contribution in [-0.4, -0.2) is 102 Å². The topological polar surface area (TPSA) is 156 Å². The smallest absolute Gasteiger partial charge is 0.411 e. The van der Waals surface area contributed by atoms with E-state index in [1.807, 2.05) is 59.5 Å². The van der Waals surface area contributed by atoms with E-state index >= 15 is 0 Å². The standard InChI is InChI=1S/C51H61N5O7/c57-46-20-18-43(44-19-21-48(59)54-50(44)46)47(58)32-52-25-27-56(40-10-4-5-11-40)49(60)24-29-62-28-23-36-16-14-35(15-17-36)22-26-55-33-38-30-41(31-39(38)34-55)63-51(61)53-45-13-7-6-12-42(45)37-8-2-1-3-9-37/h1-3,6-9,12-21,38-41,47,52,57-58H,4-5,10-11,22-34H2,(H,53,61)(H,54,59)/t38-,39+,41?,47-/m0/s1. The number of rotatable bonds is 19. The number of nitrogens with one attached hydrogen (secondary N) is 3. The maximum absolute atomic E-state index is 13.4. The van der Waals surface area contributed by atoms with Gasteiger partial charge in [0.25, 0.3) is 0 Å². The van der Waals surface area contributed by atoms with Crippen molar-refractivity contribution in [1.29, 1.82) is 0 Å². The number of likely N-dealkylation sites (tertiary alicyclic amines) is 1. The van der Waals surface area contributed by atoms with Crippen molar-refractivity contribution in [3.8, 4) is 16.9 Å². The van der Waals surface area contributed by atoms with Crippen molar-refractivity contribution in [3.05, 3.63) is 130 Å². The van der Waals surface area contributed by atoms with Crippen LogP contribution in [0.5, 0.6) is 5.75 Å². The average Bonchev–Trinajstić information content (AvgIpc) is 4.05. The number of anilines is 1. The number of aromatic amines is 1. The van der Waals surface area contributed by atoms with Crippen LogP contribution in [0.15, 0.2) is 108 Å². The number of aliphatic hydroxyl groups excluding tert-OH is 1. The van der Waals surface area contributed by atoms with E-state index in [1.165, 1.54) is 23.3 Å². The number of fused-ring (bicyclic) bond motifs is 2. The van der Waals surface area contributed by atoms with Crippen LogP contribution in [0.25, 0.3) is 22.0 Å². The van der Waals surface area contributed by atoms with Crippen molar-refractivity contribution in [2.45, 2.75) is 76.0 Å². The molecule has 4 atom stereocenters. The molecule has 2 aliphatic carbocycles. The van der Waals surface area contributed by atoms with Gasteiger partial charge in [0, 0.05) is 62.3 Å². The lowest BCUT2D eigenvalue weighted by Crippen LogP contribution is -2.43. The Bertz CT molecular complexity index is 2330. The Labute approximate surface area is 369 Å². The Balaban J connectivity index is 0.702. The third-order valence-electron chi connectivity index (χ3n) is 13.3. The van der Waals surface area contributed by atoms with E-state index in [9.17, 15) is 24.6 Å². The number of aromatic hydroxyl groups is 1. The summed E-state index contributed by atoms with van der Waals surface area (Å²) >= 11 is 0. The molecule has 12 nitrogen and oxygen atoms in total. The summed E-state index contributed by atoms with van der Waals surface area (Å²) in [5.74, 6) is 1.17. The van der Waals surface area contributed by atoms with Gasteiger partial charge in [0.1, 0.15) is 11.9 Å². The Hall–Kier alpha value is -5.53. The van der Waals surface area contributed by atoms with E-state index in [0.717, 1.165) is 87.8 Å². The van der Waals surface area contributed by atoms with Crippen LogP contribution in [0.2, 0.25) is 0 Å². The van der Waals surface area contributed by atoms with Crippen molar-refractivity contribution in [2.75, 3.05) is 57.8 Å². The molecule has 0 spiro atoms. The highest BCUT2D eigenvalue weighted by Crippen LogP contribution is 2.40. The second kappa shape index (κ2) is 21.2. The van der Waals surface area contributed by atoms with Gasteiger partial charge in [-0.05, 0) is 90.8 Å². The molecule has 1 aliphatic heterocycles. The number of amides is 2. The number of hydrogen-bond donors (Lipinski definition) is 5. The van der Waals surface area contributed by atoms with Gasteiger partial charge >= 0.3 is 6.09 Å². The van der Waals surface area contributed by atoms with Gasteiger partial charge < -0.3 is 39.8 Å². The summed E-state index contributed by atoms with van der Waals surface area (Å²) in [6.07, 6.45) is 6.91. The van der Waals surface area contributed by atoms with Crippen LogP contribution < -0.4 is 16.2 Å². The Morgan fingerprint density at radius 3 is 2.32 bits per heavy atom. The number of phenols is 1. The van der Waals surface area contributed by atoms with Crippen molar-refractivity contribution in [3.63, 3.8) is 0 Å². The summed E-state index contributed by atoms with van der Waals surface area (Å²) in [7, 11) is 0. The summed E-state index contributed by atoms with van der Waals surface area (Å²) in [5, 5.41) is 28.0. The predicted molar refractivity (Wildman–Crippen MR) is 246 cm³/mol. The van der Waals surface area contributed by atoms with Gasteiger partial charge in [-0.2, -0.15) is 0 Å². The molecular formula is C51H61N5O7. The largest absolute Gasteiger partial charge is 0.506 e. The molecule has 12 heteroatoms. The van der Waals surface area contributed by atoms with Crippen LogP contribution >= 0.6 is 0 Å². The van der Waals surface area contributed by atoms with Crippen LogP contribution in [-0.2, 0) is 27.1 Å². The van der Waals surface area contributed by atoms with E-state index in [4.69, 9.17) is 9.47 Å². The zero-order valence-corrected chi connectivity index (χ0v) is 36.1. The number of phenolic OH excluding ortho intramolecular Hbond substituents is 1. The quantitative estimate of drug-likeness (QED) is 0.0533. The third-order valence-corrected chi connectivity index (χ3v) is 13.3. The van der Waals surface area contributed by atoms with E-state index in [2.05, 4.69) is 44.8 Å². The minimum Gasteiger partial charge on any atom is -0.506 e. The lowest BCUT2D eigenvalue weighted by molar-refractivity contribution is -0.134. The zero-order valence-electron chi connectivity index (χ0n) is 36.1. The van der Waals surface area contributed by atoms with Crippen molar-refractivity contribution in [1.82, 2.24) is 20.1 Å². The number of carbonyl (C=O) groups is 2. The van der Waals surface area contributed by atoms with Crippen LogP contribution in [0.3, 0.4) is 0 Å². The first-order chi connectivity index (χ1) is 30.8. The summed E-state index contributed by atoms with van der Waals surface area (Å²) in [5.41, 5.74) is 5.91. The molecule has 0 bridgehead atoms. The van der Waals surface area contributed by atoms with Crippen molar-refractivity contribution in [2.24, 2.45) is 11.8 Å². The van der Waals surface area contributed by atoms with E-state index < -0.39 is 6.10 Å². The third kappa shape index (κ3) is 11.5. The number of hydrogen-bond acceptors (Lipinski definition) is 9. The molecule has 5 aromatic rings. The molecule has 8 rings (SSSR count). The minimum absolute atomic E-state index is 0.0440. The lowest BCUT2D eigenvalue weighted by Gasteiger charge is -2.29. The molecule has 3 fully saturated rings. The molecule has 332 valence electrons. The number of aliphatic hydroxyl groups is 1. The number of aromatic nitrogens is 1. The van der Waals surface area contributed by atoms with Gasteiger partial charge in [0.05, 0.1) is 36.9 Å². The number of H-pyrrole nitrogens is 1. The second-order valence-corrected chi connectivity index (χ2v) is 17.5. The Kier molecular flexibility index (Phi) is 14.9. The van der Waals surface area contributed by atoms with Crippen molar-refractivity contribution >= 4 is 28.6 Å². The maximum atomic E-state index is 13.4. The van der Waals surface area contributed by atoms with Gasteiger partial charge in [-0.15, -0.1) is 0 Å². The lowest BCUT2D eigenvalue weighted by atomic mass is 10.0. The van der Waals surface area contributed by atoms with Crippen LogP contribution in [0, 0.1) is 11.8 Å². The summed E-state index contributed by atoms with van der Waals surface area (Å²) in [4.78, 5) is 45.3. The molecule has 2 saturated carbocycles. The highest BCUT2D eigenvalue weighted by molar-refractivity contribution is 5.91. The van der Waals surface area contributed by atoms with Gasteiger partial charge in [0.15, 0.2) is 0 Å². The number of para-hydroxylation sites is 1. The Morgan fingerprint density at radius 2 is 1.56 bits per heavy atom. The van der Waals surface area contributed by atoms with E-state index in [-0.39, 0.29) is 42.0 Å². The van der Waals surface area contributed by atoms with Crippen LogP contribution in [0.1, 0.15) is 67.7 Å². The van der Waals surface area contributed by atoms with Gasteiger partial charge in [-0.1, -0.05) is 91.7 Å². The first kappa shape index (κ1) is 44.1. The Morgan fingerprint density at radius 1 is 0.841 bits per heavy atom. The van der Waals surface area contributed by atoms with Crippen LogP contribution in [0.4, 0.5) is 10.5 Å². The molecule has 1 unspecified atom stereocenters. The molecule has 5 N–H and O–H groups in total. The summed E-state index contributed by atoms with van der Waals surface area (Å²) < 4.78 is 11.9. The number of carbonyl (C=O) groups excluding carboxylic acids is 2. The fourth-order valence-corrected chi connectivity index (χ4v) is 9.95. The van der Waals surface area contributed by atoms with E-state index in [1.54, 1.807) is 12.1 Å². The van der Waals surface area contributed by atoms with Crippen molar-refractivity contribution < 1.29 is 29.3 Å². The molecular weight excluding hydrogens is 795 g/mol. The van der Waals surface area contributed by atoms with Gasteiger partial charge in [-0.25, -0.2) is 4.79 Å². The van der Waals surface area contributed by atoms with Gasteiger partial charge in [0.2, 0.25) is 11.5 Å². The number of pyridine rings is 1. The molecule has 63 heavy (non-hydrogen) atoms. The number of benzene rings is 4. The maximum Gasteiger partial charge on any atom is 0.411 e. The predicted octanol–water partition coefficient (Wildman–Crippen LogP) is 7.45. The molecule has 2 heterocycles. The highest BCUT2D eigenvalue weighted by atomic mass is 16.6. The molecule has 3 aliphatic rings. The molecule has 2 amide bonds. The average molecular weight is 856 g/mol. The molecule has 4 aromatic carbocycles. The van der Waals surface area contributed by atoms with E-state index in [0.29, 0.717) is 61.0 Å². The van der Waals surface area contributed by atoms with Gasteiger partial charge in [-0.3, -0.25) is 14.9 Å². The SMILES string of the molecule is O=C(Nc1ccccc1-c1ccccc1)OC1C[C@@H]2CN(CCc3ccc(CCOCCC(=O)N(CCNC[C@H](O)c4ccc(O)c5[nH]c(=O)ccc45)C4CCCC4)cc3)C[C@@H]2C1. The summed E-state index contributed by atoms with van der Waals surface area (Å²) in [6, 6.07) is 33.1. The molecule has 0 radical (unpaired) electrons. The number of nitrogens with zero attached hydrogens (tertiary/aromatic N) is 2. The highest BCUT2D eigenvalue weighted by Gasteiger charge is 2.42. The first-order valence-electron chi connectivity index (χ1n) is 22.8. The fraction of sp³-hybridized carbons (Fsp3) is 0.431. The summed E-state index contributed by atoms with van der Waals surface area (Å²) in [6.45, 7) is 5.39. The zero-order chi connectivity index (χ0) is 43.5. The molecule has 1 saturated heterocycles.